The van der Waals surface area contributed by atoms with Crippen molar-refractivity contribution in [2.75, 3.05) is 7.11 Å². The highest BCUT2D eigenvalue weighted by Crippen LogP contribution is 2.32. The van der Waals surface area contributed by atoms with Crippen molar-refractivity contribution < 1.29 is 27.9 Å². The van der Waals surface area contributed by atoms with Crippen molar-refractivity contribution in [1.82, 2.24) is 5.32 Å². The van der Waals surface area contributed by atoms with Crippen LogP contribution in [0, 0.1) is 11.6 Å². The van der Waals surface area contributed by atoms with Crippen molar-refractivity contribution in [2.45, 2.75) is 45.3 Å². The second-order valence-electron chi connectivity index (χ2n) is 7.05. The summed E-state index contributed by atoms with van der Waals surface area (Å²) in [6.07, 6.45) is 3.70. The molecule has 1 amide bonds. The van der Waals surface area contributed by atoms with E-state index in [0.717, 1.165) is 43.4 Å². The van der Waals surface area contributed by atoms with Crippen LogP contribution in [0.5, 0.6) is 11.5 Å². The summed E-state index contributed by atoms with van der Waals surface area (Å²) >= 11 is 0. The van der Waals surface area contributed by atoms with Gasteiger partial charge >= 0.3 is 6.09 Å². The van der Waals surface area contributed by atoms with E-state index in [1.807, 2.05) is 0 Å². The molecule has 0 radical (unpaired) electrons. The molecule has 2 aromatic carbocycles. The molecule has 1 aliphatic rings. The molecule has 3 rings (SSSR count). The van der Waals surface area contributed by atoms with Gasteiger partial charge in [-0.3, -0.25) is 4.84 Å². The third-order valence-corrected chi connectivity index (χ3v) is 4.86. The lowest BCUT2D eigenvalue weighted by atomic mass is 10.1. The van der Waals surface area contributed by atoms with Crippen molar-refractivity contribution in [1.29, 1.82) is 0 Å². The number of carbonyl (C=O) groups is 1. The van der Waals surface area contributed by atoms with Crippen molar-refractivity contribution in [3.63, 3.8) is 0 Å². The fourth-order valence-electron chi connectivity index (χ4n) is 3.20. The molecule has 0 spiro atoms. The molecule has 0 aliphatic heterocycles. The lowest BCUT2D eigenvalue weighted by molar-refractivity contribution is 0.150. The average molecular weight is 418 g/mol. The van der Waals surface area contributed by atoms with Crippen molar-refractivity contribution in [3.05, 3.63) is 59.2 Å². The van der Waals surface area contributed by atoms with Crippen LogP contribution in [0.4, 0.5) is 13.6 Å². The van der Waals surface area contributed by atoms with Crippen LogP contribution in [0.2, 0.25) is 0 Å². The highest BCUT2D eigenvalue weighted by atomic mass is 19.2. The first-order chi connectivity index (χ1) is 14.5. The average Bonchev–Trinajstić information content (AvgIpc) is 3.26. The zero-order chi connectivity index (χ0) is 21.5. The maximum atomic E-state index is 13.2. The van der Waals surface area contributed by atoms with Gasteiger partial charge in [0, 0.05) is 12.1 Å². The van der Waals surface area contributed by atoms with Crippen LogP contribution in [0.3, 0.4) is 0 Å². The molecule has 0 heterocycles. The Labute approximate surface area is 173 Å². The number of rotatable bonds is 7. The van der Waals surface area contributed by atoms with Crippen LogP contribution in [-0.4, -0.2) is 25.0 Å². The number of hydrogen-bond acceptors (Lipinski definition) is 5. The van der Waals surface area contributed by atoms with Crippen LogP contribution in [0.15, 0.2) is 41.6 Å². The molecule has 160 valence electrons. The van der Waals surface area contributed by atoms with Gasteiger partial charge in [0.1, 0.15) is 0 Å². The van der Waals surface area contributed by atoms with E-state index in [1.54, 1.807) is 32.2 Å². The quantitative estimate of drug-likeness (QED) is 0.393. The zero-order valence-electron chi connectivity index (χ0n) is 16.9. The highest BCUT2D eigenvalue weighted by molar-refractivity contribution is 5.99. The van der Waals surface area contributed by atoms with Gasteiger partial charge in [-0.15, -0.1) is 0 Å². The lowest BCUT2D eigenvalue weighted by Crippen LogP contribution is -2.22. The number of carbonyl (C=O) groups excluding carboxylic acids is 1. The molecular formula is C22H24F2N2O4. The van der Waals surface area contributed by atoms with E-state index in [0.29, 0.717) is 22.8 Å². The fourth-order valence-corrected chi connectivity index (χ4v) is 3.20. The molecule has 30 heavy (non-hydrogen) atoms. The number of oxime groups is 1. The molecule has 2 aromatic rings. The van der Waals surface area contributed by atoms with Crippen molar-refractivity contribution in [3.8, 4) is 11.5 Å². The summed E-state index contributed by atoms with van der Waals surface area (Å²) in [5.74, 6) is -0.674. The van der Waals surface area contributed by atoms with Crippen LogP contribution in [0.25, 0.3) is 0 Å². The minimum atomic E-state index is -0.980. The molecule has 1 saturated carbocycles. The summed E-state index contributed by atoms with van der Waals surface area (Å²) in [5, 5.41) is 6.27. The Bertz CT molecular complexity index is 927. The van der Waals surface area contributed by atoms with Gasteiger partial charge < -0.3 is 14.8 Å². The number of methoxy groups -OCH3 is 1. The van der Waals surface area contributed by atoms with Crippen LogP contribution >= 0.6 is 0 Å². The summed E-state index contributed by atoms with van der Waals surface area (Å²) < 4.78 is 37.6. The molecule has 8 heteroatoms. The van der Waals surface area contributed by atoms with Crippen molar-refractivity contribution >= 4 is 11.8 Å². The predicted molar refractivity (Wildman–Crippen MR) is 108 cm³/mol. The largest absolute Gasteiger partial charge is 0.493 e. The van der Waals surface area contributed by atoms with E-state index in [-0.39, 0.29) is 12.6 Å². The second-order valence-corrected chi connectivity index (χ2v) is 7.05. The first-order valence-corrected chi connectivity index (χ1v) is 9.74. The molecule has 6 nitrogen and oxygen atoms in total. The number of nitrogens with one attached hydrogen (secondary N) is 1. The van der Waals surface area contributed by atoms with Crippen LogP contribution in [-0.2, 0) is 11.4 Å². The Morgan fingerprint density at radius 3 is 2.57 bits per heavy atom. The molecule has 0 unspecified atom stereocenters. The molecule has 1 fully saturated rings. The smallest absolute Gasteiger partial charge is 0.433 e. The van der Waals surface area contributed by atoms with E-state index >= 15 is 0 Å². The van der Waals surface area contributed by atoms with Gasteiger partial charge in [0.2, 0.25) is 0 Å². The number of nitrogens with zero attached hydrogens (tertiary/aromatic N) is 1. The van der Waals surface area contributed by atoms with Crippen LogP contribution < -0.4 is 14.8 Å². The van der Waals surface area contributed by atoms with E-state index in [4.69, 9.17) is 14.3 Å². The third kappa shape index (κ3) is 5.68. The van der Waals surface area contributed by atoms with Gasteiger partial charge in [0.25, 0.3) is 0 Å². The number of benzene rings is 2. The van der Waals surface area contributed by atoms with Gasteiger partial charge in [-0.1, -0.05) is 11.2 Å². The van der Waals surface area contributed by atoms with Crippen molar-refractivity contribution in [2.24, 2.45) is 5.16 Å². The molecule has 1 aliphatic carbocycles. The van der Waals surface area contributed by atoms with E-state index in [1.165, 1.54) is 6.07 Å². The maximum absolute atomic E-state index is 13.2. The van der Waals surface area contributed by atoms with Gasteiger partial charge in [-0.05, 0) is 68.5 Å². The summed E-state index contributed by atoms with van der Waals surface area (Å²) in [6.45, 7) is 1.68. The van der Waals surface area contributed by atoms with E-state index < -0.39 is 17.7 Å². The normalized spacial score (nSPS) is 14.5. The van der Waals surface area contributed by atoms with Gasteiger partial charge in [-0.2, -0.15) is 0 Å². The Morgan fingerprint density at radius 1 is 1.10 bits per heavy atom. The summed E-state index contributed by atoms with van der Waals surface area (Å²) in [5.41, 5.74) is 1.59. The number of amides is 1. The predicted octanol–water partition coefficient (Wildman–Crippen LogP) is 4.95. The molecule has 0 aromatic heterocycles. The van der Waals surface area contributed by atoms with Gasteiger partial charge in [0.05, 0.1) is 18.9 Å². The Balaban J connectivity index is 1.59. The molecule has 1 N–H and O–H groups in total. The van der Waals surface area contributed by atoms with Gasteiger partial charge in [-0.25, -0.2) is 13.6 Å². The Morgan fingerprint density at radius 2 is 1.87 bits per heavy atom. The van der Waals surface area contributed by atoms with E-state index in [9.17, 15) is 13.6 Å². The number of halogens is 2. The highest BCUT2D eigenvalue weighted by Gasteiger charge is 2.19. The summed E-state index contributed by atoms with van der Waals surface area (Å²) in [7, 11) is 1.58. The fraction of sp³-hybridized carbons (Fsp3) is 0.364. The topological polar surface area (TPSA) is 69.2 Å². The Hall–Kier alpha value is -3.16. The van der Waals surface area contributed by atoms with Gasteiger partial charge in [0.15, 0.2) is 23.1 Å². The first kappa shape index (κ1) is 21.5. The monoisotopic (exact) mass is 418 g/mol. The standard InChI is InChI=1S/C22H24F2N2O4/c1-14(26-30-22(27)25-13-15-7-9-18(23)19(24)11-15)16-8-10-20(28-2)21(12-16)29-17-5-3-4-6-17/h7-12,17H,3-6,13H2,1-2H3,(H,25,27). The summed E-state index contributed by atoms with van der Waals surface area (Å²) in [6, 6.07) is 8.75. The van der Waals surface area contributed by atoms with Crippen LogP contribution in [0.1, 0.15) is 43.7 Å². The number of ether oxygens (including phenoxy) is 2. The second kappa shape index (κ2) is 10.0. The minimum Gasteiger partial charge on any atom is -0.493 e. The zero-order valence-corrected chi connectivity index (χ0v) is 16.9. The minimum absolute atomic E-state index is 0.0213. The SMILES string of the molecule is COc1ccc(C(C)=NOC(=O)NCc2ccc(F)c(F)c2)cc1OC1CCCC1. The van der Waals surface area contributed by atoms with E-state index in [2.05, 4.69) is 10.5 Å². The molecule has 0 saturated heterocycles. The Kier molecular flexibility index (Phi) is 7.21. The lowest BCUT2D eigenvalue weighted by Gasteiger charge is -2.16. The molecule has 0 bridgehead atoms. The number of hydrogen-bond donors (Lipinski definition) is 1. The molecule has 0 atom stereocenters. The maximum Gasteiger partial charge on any atom is 0.433 e. The third-order valence-electron chi connectivity index (χ3n) is 4.86. The summed E-state index contributed by atoms with van der Waals surface area (Å²) in [4.78, 5) is 16.7. The molecular weight excluding hydrogens is 394 g/mol. The first-order valence-electron chi connectivity index (χ1n) is 9.74.